The van der Waals surface area contributed by atoms with Gasteiger partial charge in [-0.15, -0.1) is 0 Å². The zero-order valence-corrected chi connectivity index (χ0v) is 11.8. The van der Waals surface area contributed by atoms with Crippen LogP contribution in [0.3, 0.4) is 0 Å². The van der Waals surface area contributed by atoms with Crippen molar-refractivity contribution >= 4 is 28.9 Å². The summed E-state index contributed by atoms with van der Waals surface area (Å²) in [6, 6.07) is 7.18. The van der Waals surface area contributed by atoms with Crippen LogP contribution in [0.15, 0.2) is 24.3 Å². The number of anilines is 3. The topological polar surface area (TPSA) is 60.7 Å². The van der Waals surface area contributed by atoms with Crippen LogP contribution in [-0.2, 0) is 0 Å². The monoisotopic (exact) mass is 308 g/mol. The van der Waals surface area contributed by atoms with E-state index >= 15 is 0 Å². The van der Waals surface area contributed by atoms with E-state index in [4.69, 9.17) is 16.9 Å². The minimum Gasteiger partial charge on any atom is -0.368 e. The molecule has 1 heterocycles. The first kappa shape index (κ1) is 15.0. The number of nitrogens with zero attached hydrogens (tertiary/aromatic N) is 2. The van der Waals surface area contributed by atoms with Gasteiger partial charge in [0, 0.05) is 12.6 Å². The molecule has 0 unspecified atom stereocenters. The van der Waals surface area contributed by atoms with Crippen LogP contribution in [0.1, 0.15) is 12.5 Å². The normalized spacial score (nSPS) is 10.0. The lowest BCUT2D eigenvalue weighted by Gasteiger charge is -2.11. The molecule has 0 atom stereocenters. The zero-order valence-electron chi connectivity index (χ0n) is 11.0. The van der Waals surface area contributed by atoms with Gasteiger partial charge in [0.2, 0.25) is 0 Å². The molecule has 0 amide bonds. The maximum Gasteiger partial charge on any atom is 0.169 e. The van der Waals surface area contributed by atoms with Gasteiger partial charge in [-0.1, -0.05) is 11.6 Å². The molecule has 0 aliphatic rings. The number of halogens is 3. The second-order valence-corrected chi connectivity index (χ2v) is 4.52. The van der Waals surface area contributed by atoms with Crippen molar-refractivity contribution in [2.24, 2.45) is 0 Å². The van der Waals surface area contributed by atoms with Crippen molar-refractivity contribution in [3.63, 3.8) is 0 Å². The minimum absolute atomic E-state index is 0.0498. The third-order valence-corrected chi connectivity index (χ3v) is 2.94. The molecular formula is C14H11ClF2N4. The Kier molecular flexibility index (Phi) is 4.55. The van der Waals surface area contributed by atoms with Crippen molar-refractivity contribution in [3.05, 3.63) is 46.5 Å². The van der Waals surface area contributed by atoms with Crippen molar-refractivity contribution in [2.75, 3.05) is 17.2 Å². The Bertz CT molecular complexity index is 713. The fraction of sp³-hybridized carbons (Fsp3) is 0.143. The molecule has 1 aromatic heterocycles. The highest BCUT2D eigenvalue weighted by atomic mass is 35.5. The molecule has 0 aliphatic carbocycles. The maximum atomic E-state index is 13.7. The maximum absolute atomic E-state index is 13.7. The van der Waals surface area contributed by atoms with Crippen molar-refractivity contribution in [1.29, 1.82) is 5.26 Å². The number of nitrogens with one attached hydrogen (secondary N) is 2. The molecule has 0 saturated carbocycles. The number of nitriles is 1. The predicted molar refractivity (Wildman–Crippen MR) is 77.8 cm³/mol. The van der Waals surface area contributed by atoms with Crippen LogP contribution in [0, 0.1) is 23.0 Å². The first-order valence-electron chi connectivity index (χ1n) is 6.11. The summed E-state index contributed by atoms with van der Waals surface area (Å²) in [4.78, 5) is 3.84. The van der Waals surface area contributed by atoms with Gasteiger partial charge < -0.3 is 10.6 Å². The minimum atomic E-state index is -0.838. The summed E-state index contributed by atoms with van der Waals surface area (Å²) in [6.45, 7) is 2.22. The Hall–Kier alpha value is -2.39. The summed E-state index contributed by atoms with van der Waals surface area (Å²) < 4.78 is 27.2. The number of rotatable bonds is 4. The molecule has 0 saturated heterocycles. The van der Waals surface area contributed by atoms with E-state index in [0.717, 1.165) is 6.07 Å². The summed E-state index contributed by atoms with van der Waals surface area (Å²) >= 11 is 5.99. The van der Waals surface area contributed by atoms with Gasteiger partial charge in [-0.05, 0) is 25.1 Å². The van der Waals surface area contributed by atoms with Crippen LogP contribution in [0.4, 0.5) is 26.1 Å². The Balaban J connectivity index is 2.35. The van der Waals surface area contributed by atoms with E-state index in [9.17, 15) is 8.78 Å². The molecule has 0 fully saturated rings. The Morgan fingerprint density at radius 3 is 2.57 bits per heavy atom. The van der Waals surface area contributed by atoms with Gasteiger partial charge in [-0.25, -0.2) is 13.8 Å². The lowest BCUT2D eigenvalue weighted by molar-refractivity contribution is 0.579. The van der Waals surface area contributed by atoms with E-state index in [1.165, 1.54) is 18.2 Å². The Morgan fingerprint density at radius 2 is 1.95 bits per heavy atom. The molecule has 0 aliphatic heterocycles. The third kappa shape index (κ3) is 3.38. The average molecular weight is 309 g/mol. The Labute approximate surface area is 125 Å². The Morgan fingerprint density at radius 1 is 1.24 bits per heavy atom. The highest BCUT2D eigenvalue weighted by Crippen LogP contribution is 2.28. The van der Waals surface area contributed by atoms with E-state index in [-0.39, 0.29) is 16.7 Å². The van der Waals surface area contributed by atoms with Gasteiger partial charge in [0.25, 0.3) is 0 Å². The first-order valence-corrected chi connectivity index (χ1v) is 6.49. The average Bonchev–Trinajstić information content (AvgIpc) is 2.46. The van der Waals surface area contributed by atoms with Crippen molar-refractivity contribution in [1.82, 2.24) is 4.98 Å². The number of hydrogen-bond acceptors (Lipinski definition) is 4. The van der Waals surface area contributed by atoms with Crippen LogP contribution < -0.4 is 10.6 Å². The molecule has 7 heteroatoms. The molecule has 4 nitrogen and oxygen atoms in total. The van der Waals surface area contributed by atoms with Crippen molar-refractivity contribution in [3.8, 4) is 6.07 Å². The summed E-state index contributed by atoms with van der Waals surface area (Å²) in [5, 5.41) is 14.4. The number of hydrogen-bond donors (Lipinski definition) is 2. The number of aromatic nitrogens is 1. The summed E-state index contributed by atoms with van der Waals surface area (Å²) in [5.74, 6) is -1.81. The van der Waals surface area contributed by atoms with Crippen LogP contribution in [0.2, 0.25) is 5.02 Å². The van der Waals surface area contributed by atoms with Gasteiger partial charge >= 0.3 is 0 Å². The molecule has 0 bridgehead atoms. The van der Waals surface area contributed by atoms with Gasteiger partial charge in [0.05, 0.1) is 22.3 Å². The van der Waals surface area contributed by atoms with E-state index in [2.05, 4.69) is 15.6 Å². The van der Waals surface area contributed by atoms with E-state index in [1.807, 2.05) is 6.07 Å². The van der Waals surface area contributed by atoms with Gasteiger partial charge in [0.1, 0.15) is 0 Å². The number of pyridine rings is 1. The lowest BCUT2D eigenvalue weighted by atomic mass is 10.2. The van der Waals surface area contributed by atoms with Crippen LogP contribution in [0.5, 0.6) is 0 Å². The molecule has 0 radical (unpaired) electrons. The highest BCUT2D eigenvalue weighted by molar-refractivity contribution is 6.33. The summed E-state index contributed by atoms with van der Waals surface area (Å²) in [7, 11) is 0. The molecule has 1 aromatic carbocycles. The molecule has 0 spiro atoms. The van der Waals surface area contributed by atoms with E-state index in [1.54, 1.807) is 6.92 Å². The number of benzene rings is 1. The predicted octanol–water partition coefficient (Wildman–Crippen LogP) is 4.06. The SMILES string of the molecule is CCNc1nc(Nc2ccc(C#N)cc2Cl)c(F)cc1F. The van der Waals surface area contributed by atoms with Gasteiger partial charge in [0.15, 0.2) is 23.3 Å². The second-order valence-electron chi connectivity index (χ2n) is 4.11. The zero-order chi connectivity index (χ0) is 15.4. The van der Waals surface area contributed by atoms with Crippen molar-refractivity contribution in [2.45, 2.75) is 6.92 Å². The fourth-order valence-corrected chi connectivity index (χ4v) is 1.89. The molecule has 21 heavy (non-hydrogen) atoms. The van der Waals surface area contributed by atoms with Crippen LogP contribution in [-0.4, -0.2) is 11.5 Å². The van der Waals surface area contributed by atoms with E-state index in [0.29, 0.717) is 17.8 Å². The molecule has 2 rings (SSSR count). The first-order chi connectivity index (χ1) is 10.0. The standard InChI is InChI=1S/C14H11ClF2N4/c1-2-19-13-10(16)6-11(17)14(21-13)20-12-4-3-8(7-18)5-9(12)15/h3-6H,2H2,1H3,(H2,19,20,21). The van der Waals surface area contributed by atoms with Crippen molar-refractivity contribution < 1.29 is 8.78 Å². The highest BCUT2D eigenvalue weighted by Gasteiger charge is 2.13. The second kappa shape index (κ2) is 6.37. The molecular weight excluding hydrogens is 298 g/mol. The third-order valence-electron chi connectivity index (χ3n) is 2.62. The largest absolute Gasteiger partial charge is 0.368 e. The molecule has 2 N–H and O–H groups in total. The van der Waals surface area contributed by atoms with E-state index < -0.39 is 11.6 Å². The van der Waals surface area contributed by atoms with Crippen LogP contribution in [0.25, 0.3) is 0 Å². The molecule has 108 valence electrons. The van der Waals surface area contributed by atoms with Gasteiger partial charge in [-0.2, -0.15) is 5.26 Å². The smallest absolute Gasteiger partial charge is 0.169 e. The summed E-state index contributed by atoms with van der Waals surface area (Å²) in [6.07, 6.45) is 0. The molecule has 2 aromatic rings. The quantitative estimate of drug-likeness (QED) is 0.894. The summed E-state index contributed by atoms with van der Waals surface area (Å²) in [5.41, 5.74) is 0.752. The van der Waals surface area contributed by atoms with Gasteiger partial charge in [-0.3, -0.25) is 0 Å². The van der Waals surface area contributed by atoms with Crippen LogP contribution >= 0.6 is 11.6 Å². The lowest BCUT2D eigenvalue weighted by Crippen LogP contribution is -2.06. The fourth-order valence-electron chi connectivity index (χ4n) is 1.66.